The van der Waals surface area contributed by atoms with Crippen LogP contribution in [-0.4, -0.2) is 6.16 Å². The monoisotopic (exact) mass is 574 g/mol. The number of hydrogen-bond acceptors (Lipinski definition) is 2. The molecule has 202 valence electrons. The third-order valence-electron chi connectivity index (χ3n) is 7.12. The van der Waals surface area contributed by atoms with Gasteiger partial charge < -0.3 is 9.13 Å². The van der Waals surface area contributed by atoms with Gasteiger partial charge in [0.1, 0.15) is 7.14 Å². The predicted octanol–water partition coefficient (Wildman–Crippen LogP) is 7.77. The van der Waals surface area contributed by atoms with Gasteiger partial charge in [-0.15, -0.1) is 0 Å². The van der Waals surface area contributed by atoms with E-state index in [9.17, 15) is 13.2 Å². The maximum absolute atomic E-state index is 15.6. The molecule has 0 fully saturated rings. The van der Waals surface area contributed by atoms with Crippen LogP contribution < -0.4 is 21.2 Å². The highest BCUT2D eigenvalue weighted by atomic mass is 31.2. The van der Waals surface area contributed by atoms with Crippen molar-refractivity contribution in [1.29, 1.82) is 0 Å². The lowest BCUT2D eigenvalue weighted by Crippen LogP contribution is -2.27. The molecule has 0 saturated carbocycles. The van der Waals surface area contributed by atoms with Gasteiger partial charge >= 0.3 is 6.18 Å². The molecule has 0 aliphatic carbocycles. The first-order valence-electron chi connectivity index (χ1n) is 12.8. The van der Waals surface area contributed by atoms with E-state index in [-0.39, 0.29) is 6.16 Å². The van der Waals surface area contributed by atoms with E-state index in [1.165, 1.54) is 12.1 Å². The maximum atomic E-state index is 15.6. The van der Waals surface area contributed by atoms with Gasteiger partial charge in [0.25, 0.3) is 0 Å². The van der Waals surface area contributed by atoms with Gasteiger partial charge in [0.2, 0.25) is 0 Å². The van der Waals surface area contributed by atoms with Crippen molar-refractivity contribution in [3.63, 3.8) is 0 Å². The number of benzene rings is 5. The van der Waals surface area contributed by atoms with Gasteiger partial charge in [-0.2, -0.15) is 13.2 Å². The summed E-state index contributed by atoms with van der Waals surface area (Å²) in [5, 5.41) is 2.31. The molecule has 2 nitrogen and oxygen atoms in total. The molecular formula is C33H27F3O2P2. The van der Waals surface area contributed by atoms with Crippen LogP contribution in [0.25, 0.3) is 0 Å². The second-order valence-electron chi connectivity index (χ2n) is 9.56. The molecule has 1 atom stereocenters. The predicted molar refractivity (Wildman–Crippen MR) is 159 cm³/mol. The minimum atomic E-state index is -4.51. The molecule has 0 bridgehead atoms. The molecule has 0 amide bonds. The van der Waals surface area contributed by atoms with Crippen LogP contribution >= 0.6 is 14.3 Å². The highest BCUT2D eigenvalue weighted by Gasteiger charge is 2.43. The van der Waals surface area contributed by atoms with E-state index in [4.69, 9.17) is 0 Å². The average Bonchev–Trinajstić information content (AvgIpc) is 3.01. The molecule has 0 N–H and O–H groups in total. The van der Waals surface area contributed by atoms with Crippen molar-refractivity contribution in [2.45, 2.75) is 11.8 Å². The Morgan fingerprint density at radius 2 is 0.850 bits per heavy atom. The van der Waals surface area contributed by atoms with Crippen molar-refractivity contribution in [1.82, 2.24) is 0 Å². The molecule has 0 heterocycles. The lowest BCUT2D eigenvalue weighted by molar-refractivity contribution is -0.137. The summed E-state index contributed by atoms with van der Waals surface area (Å²) in [5.41, 5.74) is -1.22. The summed E-state index contributed by atoms with van der Waals surface area (Å²) in [7, 11) is -7.02. The molecule has 1 unspecified atom stereocenters. The van der Waals surface area contributed by atoms with Gasteiger partial charge in [-0.1, -0.05) is 133 Å². The summed E-state index contributed by atoms with van der Waals surface area (Å²) >= 11 is 0. The first-order valence-corrected chi connectivity index (χ1v) is 16.5. The van der Waals surface area contributed by atoms with E-state index in [1.807, 2.05) is 48.5 Å². The summed E-state index contributed by atoms with van der Waals surface area (Å²) in [4.78, 5) is 0. The summed E-state index contributed by atoms with van der Waals surface area (Å²) < 4.78 is 71.3. The fraction of sp³-hybridized carbons (Fsp3) is 0.0909. The molecule has 0 aliphatic rings. The van der Waals surface area contributed by atoms with Crippen LogP contribution in [-0.2, 0) is 15.3 Å². The van der Waals surface area contributed by atoms with Crippen LogP contribution in [0.1, 0.15) is 16.8 Å². The van der Waals surface area contributed by atoms with E-state index in [1.54, 1.807) is 72.8 Å². The molecule has 5 rings (SSSR count). The van der Waals surface area contributed by atoms with Crippen LogP contribution in [0.5, 0.6) is 0 Å². The Kier molecular flexibility index (Phi) is 7.99. The Balaban J connectivity index is 1.78. The second-order valence-corrected chi connectivity index (χ2v) is 15.4. The Labute approximate surface area is 232 Å². The Hall–Kier alpha value is -3.65. The molecular weight excluding hydrogens is 547 g/mol. The minimum Gasteiger partial charge on any atom is -0.314 e. The average molecular weight is 575 g/mol. The normalized spacial score (nSPS) is 13.1. The zero-order chi connectivity index (χ0) is 28.2. The quantitative estimate of drug-likeness (QED) is 0.178. The summed E-state index contributed by atoms with van der Waals surface area (Å²) in [5.74, 6) is 0. The summed E-state index contributed by atoms with van der Waals surface area (Å²) in [6.45, 7) is 0. The van der Waals surface area contributed by atoms with Crippen molar-refractivity contribution in [3.8, 4) is 0 Å². The highest BCUT2D eigenvalue weighted by molar-refractivity contribution is 7.82. The van der Waals surface area contributed by atoms with Gasteiger partial charge in [-0.05, 0) is 17.7 Å². The van der Waals surface area contributed by atoms with E-state index in [0.717, 1.165) is 12.1 Å². The van der Waals surface area contributed by atoms with Crippen molar-refractivity contribution in [3.05, 3.63) is 157 Å². The van der Waals surface area contributed by atoms with Crippen molar-refractivity contribution in [2.75, 3.05) is 6.16 Å². The van der Waals surface area contributed by atoms with E-state index < -0.39 is 31.7 Å². The lowest BCUT2D eigenvalue weighted by Gasteiger charge is -2.33. The number of rotatable bonds is 8. The Morgan fingerprint density at radius 1 is 0.500 bits per heavy atom. The Morgan fingerprint density at radius 3 is 1.20 bits per heavy atom. The van der Waals surface area contributed by atoms with Crippen LogP contribution in [0.4, 0.5) is 13.2 Å². The number of alkyl halides is 3. The second kappa shape index (κ2) is 11.5. The van der Waals surface area contributed by atoms with Gasteiger partial charge in [-0.25, -0.2) is 0 Å². The van der Waals surface area contributed by atoms with Gasteiger partial charge in [0, 0.05) is 27.4 Å². The van der Waals surface area contributed by atoms with Gasteiger partial charge in [-0.3, -0.25) is 0 Å². The van der Waals surface area contributed by atoms with Crippen LogP contribution in [0.15, 0.2) is 146 Å². The molecule has 0 saturated heterocycles. The molecule has 0 radical (unpaired) electrons. The maximum Gasteiger partial charge on any atom is 0.416 e. The van der Waals surface area contributed by atoms with Crippen molar-refractivity contribution >= 4 is 35.5 Å². The smallest absolute Gasteiger partial charge is 0.314 e. The standard InChI is InChI=1S/C33H27F3O2P2/c34-33(35,36)27-23-21-26(22-24-27)32(40(38,30-17-9-3-10-18-30)31-19-11-4-12-20-31)25-39(37,28-13-5-1-6-14-28)29-15-7-2-8-16-29/h1-24,32H,25H2. The molecule has 7 heteroatoms. The van der Waals surface area contributed by atoms with Crippen LogP contribution in [0, 0.1) is 0 Å². The van der Waals surface area contributed by atoms with E-state index in [2.05, 4.69) is 0 Å². The van der Waals surface area contributed by atoms with Gasteiger partial charge in [0.05, 0.1) is 11.2 Å². The highest BCUT2D eigenvalue weighted by Crippen LogP contribution is 2.63. The first-order chi connectivity index (χ1) is 19.2. The lowest BCUT2D eigenvalue weighted by atomic mass is 10.1. The third-order valence-corrected chi connectivity index (χ3v) is 14.0. The topological polar surface area (TPSA) is 34.1 Å². The first kappa shape index (κ1) is 27.9. The summed E-state index contributed by atoms with van der Waals surface area (Å²) in [6.07, 6.45) is -4.55. The van der Waals surface area contributed by atoms with E-state index >= 15 is 9.13 Å². The minimum absolute atomic E-state index is 0.0343. The molecule has 0 aliphatic heterocycles. The summed E-state index contributed by atoms with van der Waals surface area (Å²) in [6, 6.07) is 40.8. The SMILES string of the molecule is O=P(CC(c1ccc(C(F)(F)F)cc1)P(=O)(c1ccccc1)c1ccccc1)(c1ccccc1)c1ccccc1. The number of halogens is 3. The van der Waals surface area contributed by atoms with E-state index in [0.29, 0.717) is 26.8 Å². The Bertz CT molecular complexity index is 1550. The molecule has 5 aromatic rings. The molecule has 0 aromatic heterocycles. The third kappa shape index (κ3) is 5.50. The zero-order valence-corrected chi connectivity index (χ0v) is 23.3. The molecule has 0 spiro atoms. The molecule has 40 heavy (non-hydrogen) atoms. The largest absolute Gasteiger partial charge is 0.416 e. The van der Waals surface area contributed by atoms with Crippen molar-refractivity contribution in [2.24, 2.45) is 0 Å². The number of hydrogen-bond donors (Lipinski definition) is 0. The fourth-order valence-electron chi connectivity index (χ4n) is 5.07. The zero-order valence-electron chi connectivity index (χ0n) is 21.5. The van der Waals surface area contributed by atoms with Crippen LogP contribution in [0.2, 0.25) is 0 Å². The van der Waals surface area contributed by atoms with Crippen LogP contribution in [0.3, 0.4) is 0 Å². The fourth-order valence-corrected chi connectivity index (χ4v) is 12.2. The van der Waals surface area contributed by atoms with Gasteiger partial charge in [0.15, 0.2) is 7.14 Å². The van der Waals surface area contributed by atoms with Crippen molar-refractivity contribution < 1.29 is 22.3 Å². The molecule has 5 aromatic carbocycles.